The fourth-order valence-corrected chi connectivity index (χ4v) is 2.83. The minimum atomic E-state index is 0.353. The van der Waals surface area contributed by atoms with Crippen LogP contribution in [0.4, 0.5) is 5.69 Å². The summed E-state index contributed by atoms with van der Waals surface area (Å²) in [5.41, 5.74) is 2.44. The summed E-state index contributed by atoms with van der Waals surface area (Å²) < 4.78 is 0. The summed E-state index contributed by atoms with van der Waals surface area (Å²) in [6.45, 7) is 3.51. The maximum absolute atomic E-state index is 9.42. The molecule has 3 nitrogen and oxygen atoms in total. The Morgan fingerprint density at radius 2 is 2.06 bits per heavy atom. The van der Waals surface area contributed by atoms with Gasteiger partial charge in [0.25, 0.3) is 0 Å². The molecule has 0 bridgehead atoms. The van der Waals surface area contributed by atoms with Crippen molar-refractivity contribution in [2.45, 2.75) is 25.3 Å². The third-order valence-electron chi connectivity index (χ3n) is 3.73. The highest BCUT2D eigenvalue weighted by Gasteiger charge is 2.25. The van der Waals surface area contributed by atoms with Crippen LogP contribution in [0.15, 0.2) is 18.2 Å². The maximum atomic E-state index is 9.42. The smallest absolute Gasteiger partial charge is 0.117 e. The summed E-state index contributed by atoms with van der Waals surface area (Å²) in [7, 11) is 0. The van der Waals surface area contributed by atoms with Gasteiger partial charge in [-0.3, -0.25) is 4.90 Å². The molecule has 2 heterocycles. The van der Waals surface area contributed by atoms with Crippen molar-refractivity contribution in [1.29, 1.82) is 0 Å². The fourth-order valence-electron chi connectivity index (χ4n) is 2.83. The van der Waals surface area contributed by atoms with Crippen molar-refractivity contribution in [2.75, 3.05) is 25.0 Å². The Balaban J connectivity index is 1.78. The van der Waals surface area contributed by atoms with Crippen LogP contribution in [0.3, 0.4) is 0 Å². The first-order chi connectivity index (χ1) is 7.83. The maximum Gasteiger partial charge on any atom is 0.117 e. The lowest BCUT2D eigenvalue weighted by molar-refractivity contribution is 0.247. The van der Waals surface area contributed by atoms with Gasteiger partial charge in [-0.25, -0.2) is 0 Å². The van der Waals surface area contributed by atoms with Crippen molar-refractivity contribution in [3.05, 3.63) is 23.8 Å². The zero-order chi connectivity index (χ0) is 11.0. The average Bonchev–Trinajstić information content (AvgIpc) is 2.82. The number of nitrogens with zero attached hydrogens (tertiary/aromatic N) is 1. The number of phenols is 1. The third kappa shape index (κ3) is 1.76. The van der Waals surface area contributed by atoms with E-state index in [0.717, 1.165) is 18.7 Å². The van der Waals surface area contributed by atoms with Gasteiger partial charge >= 0.3 is 0 Å². The summed E-state index contributed by atoms with van der Waals surface area (Å²) in [6.07, 6.45) is 3.81. The van der Waals surface area contributed by atoms with Crippen LogP contribution in [0.2, 0.25) is 0 Å². The topological polar surface area (TPSA) is 35.5 Å². The van der Waals surface area contributed by atoms with Crippen LogP contribution < -0.4 is 5.32 Å². The van der Waals surface area contributed by atoms with E-state index >= 15 is 0 Å². The van der Waals surface area contributed by atoms with E-state index in [-0.39, 0.29) is 0 Å². The van der Waals surface area contributed by atoms with Crippen molar-refractivity contribution in [3.63, 3.8) is 0 Å². The van der Waals surface area contributed by atoms with Crippen LogP contribution in [0, 0.1) is 0 Å². The molecule has 2 N–H and O–H groups in total. The van der Waals surface area contributed by atoms with Crippen LogP contribution in [0.1, 0.15) is 18.4 Å². The molecule has 2 aliphatic rings. The molecule has 2 aliphatic heterocycles. The third-order valence-corrected chi connectivity index (χ3v) is 3.73. The summed E-state index contributed by atoms with van der Waals surface area (Å²) in [6, 6.07) is 6.29. The zero-order valence-electron chi connectivity index (χ0n) is 9.45. The molecule has 1 unspecified atom stereocenters. The predicted molar refractivity (Wildman–Crippen MR) is 64.9 cm³/mol. The molecule has 0 aromatic heterocycles. The molecule has 1 atom stereocenters. The van der Waals surface area contributed by atoms with Gasteiger partial charge in [0.2, 0.25) is 0 Å². The minimum absolute atomic E-state index is 0.353. The number of fused-ring (bicyclic) bond motifs is 1. The summed E-state index contributed by atoms with van der Waals surface area (Å²) in [4.78, 5) is 2.59. The first kappa shape index (κ1) is 9.97. The molecule has 86 valence electrons. The van der Waals surface area contributed by atoms with Crippen LogP contribution >= 0.6 is 0 Å². The number of benzene rings is 1. The Bertz CT molecular complexity index is 386. The lowest BCUT2D eigenvalue weighted by Crippen LogP contribution is -2.42. The SMILES string of the molecule is Oc1ccc2c(c1)NCC(N1CCCC1)C2. The van der Waals surface area contributed by atoms with Crippen LogP contribution in [0.5, 0.6) is 5.75 Å². The number of likely N-dealkylation sites (tertiary alicyclic amines) is 1. The first-order valence-electron chi connectivity index (χ1n) is 6.13. The second kappa shape index (κ2) is 3.98. The van der Waals surface area contributed by atoms with Crippen LogP contribution in [-0.2, 0) is 6.42 Å². The van der Waals surface area contributed by atoms with E-state index in [1.54, 1.807) is 6.07 Å². The average molecular weight is 218 g/mol. The van der Waals surface area contributed by atoms with Gasteiger partial charge in [0.15, 0.2) is 0 Å². The molecule has 0 amide bonds. The van der Waals surface area contributed by atoms with Crippen molar-refractivity contribution in [3.8, 4) is 5.75 Å². The number of hydrogen-bond acceptors (Lipinski definition) is 3. The largest absolute Gasteiger partial charge is 0.508 e. The normalized spacial score (nSPS) is 25.1. The fraction of sp³-hybridized carbons (Fsp3) is 0.538. The van der Waals surface area contributed by atoms with E-state index in [1.807, 2.05) is 12.1 Å². The van der Waals surface area contributed by atoms with E-state index in [9.17, 15) is 5.11 Å². The minimum Gasteiger partial charge on any atom is -0.508 e. The molecule has 1 fully saturated rings. The summed E-state index contributed by atoms with van der Waals surface area (Å²) in [5.74, 6) is 0.353. The van der Waals surface area contributed by atoms with Gasteiger partial charge in [0, 0.05) is 24.3 Å². The van der Waals surface area contributed by atoms with Gasteiger partial charge in [-0.2, -0.15) is 0 Å². The molecule has 0 radical (unpaired) electrons. The van der Waals surface area contributed by atoms with Gasteiger partial charge in [-0.05, 0) is 44.0 Å². The lowest BCUT2D eigenvalue weighted by Gasteiger charge is -2.33. The molecular weight excluding hydrogens is 200 g/mol. The lowest BCUT2D eigenvalue weighted by atomic mass is 9.98. The van der Waals surface area contributed by atoms with Crippen molar-refractivity contribution in [1.82, 2.24) is 4.90 Å². The van der Waals surface area contributed by atoms with Crippen LogP contribution in [-0.4, -0.2) is 35.7 Å². The predicted octanol–water partition coefficient (Wildman–Crippen LogP) is 1.82. The number of hydrogen-bond donors (Lipinski definition) is 2. The molecule has 3 heteroatoms. The Morgan fingerprint density at radius 3 is 2.88 bits per heavy atom. The molecular formula is C13H18N2O. The van der Waals surface area contributed by atoms with E-state index in [4.69, 9.17) is 0 Å². The number of nitrogens with one attached hydrogen (secondary N) is 1. The Kier molecular flexibility index (Phi) is 2.48. The number of rotatable bonds is 1. The van der Waals surface area contributed by atoms with Gasteiger partial charge in [0.05, 0.1) is 0 Å². The van der Waals surface area contributed by atoms with E-state index in [1.165, 1.54) is 31.5 Å². The van der Waals surface area contributed by atoms with E-state index in [0.29, 0.717) is 11.8 Å². The quantitative estimate of drug-likeness (QED) is 0.755. The summed E-state index contributed by atoms with van der Waals surface area (Å²) in [5, 5.41) is 12.8. The van der Waals surface area contributed by atoms with E-state index < -0.39 is 0 Å². The van der Waals surface area contributed by atoms with Crippen LogP contribution in [0.25, 0.3) is 0 Å². The molecule has 0 aliphatic carbocycles. The monoisotopic (exact) mass is 218 g/mol. The molecule has 1 saturated heterocycles. The number of phenolic OH excluding ortho intramolecular Hbond substituents is 1. The first-order valence-corrected chi connectivity index (χ1v) is 6.13. The highest BCUT2D eigenvalue weighted by molar-refractivity contribution is 5.57. The van der Waals surface area contributed by atoms with Crippen molar-refractivity contribution >= 4 is 5.69 Å². The highest BCUT2D eigenvalue weighted by atomic mass is 16.3. The summed E-state index contributed by atoms with van der Waals surface area (Å²) >= 11 is 0. The van der Waals surface area contributed by atoms with Gasteiger partial charge in [0.1, 0.15) is 5.75 Å². The Morgan fingerprint density at radius 1 is 1.25 bits per heavy atom. The number of anilines is 1. The standard InChI is InChI=1S/C13H18N2O/c16-12-4-3-10-7-11(9-14-13(10)8-12)15-5-1-2-6-15/h3-4,8,11,14,16H,1-2,5-7,9H2. The van der Waals surface area contributed by atoms with Gasteiger partial charge in [-0.15, -0.1) is 0 Å². The number of aromatic hydroxyl groups is 1. The second-order valence-electron chi connectivity index (χ2n) is 4.82. The molecule has 3 rings (SSSR count). The molecule has 1 aromatic rings. The molecule has 16 heavy (non-hydrogen) atoms. The molecule has 0 spiro atoms. The Hall–Kier alpha value is -1.22. The van der Waals surface area contributed by atoms with Gasteiger partial charge in [-0.1, -0.05) is 6.07 Å². The molecule has 0 saturated carbocycles. The second-order valence-corrected chi connectivity index (χ2v) is 4.82. The van der Waals surface area contributed by atoms with Crippen molar-refractivity contribution in [2.24, 2.45) is 0 Å². The molecule has 1 aromatic carbocycles. The van der Waals surface area contributed by atoms with E-state index in [2.05, 4.69) is 10.2 Å². The highest BCUT2D eigenvalue weighted by Crippen LogP contribution is 2.28. The Labute approximate surface area is 96.1 Å². The van der Waals surface area contributed by atoms with Crippen molar-refractivity contribution < 1.29 is 5.11 Å². The zero-order valence-corrected chi connectivity index (χ0v) is 9.45. The van der Waals surface area contributed by atoms with Gasteiger partial charge < -0.3 is 10.4 Å².